The van der Waals surface area contributed by atoms with Crippen molar-refractivity contribution in [2.45, 2.75) is 32.9 Å². The lowest BCUT2D eigenvalue weighted by molar-refractivity contribution is 0.0661. The smallest absolute Gasteiger partial charge is 0.0888 e. The minimum atomic E-state index is 0.616. The summed E-state index contributed by atoms with van der Waals surface area (Å²) >= 11 is 0. The minimum Gasteiger partial charge on any atom is -0.375 e. The van der Waals surface area contributed by atoms with Gasteiger partial charge in [-0.25, -0.2) is 0 Å². The third-order valence-corrected chi connectivity index (χ3v) is 3.72. The maximum absolute atomic E-state index is 5.85. The highest BCUT2D eigenvalue weighted by Crippen LogP contribution is 2.25. The molecular weight excluding hydrogens is 236 g/mol. The number of allylic oxidation sites excluding steroid dienone is 2. The van der Waals surface area contributed by atoms with E-state index < -0.39 is 0 Å². The molecule has 0 saturated carbocycles. The topological polar surface area (TPSA) is 34.1 Å². The summed E-state index contributed by atoms with van der Waals surface area (Å²) in [6.07, 6.45) is 6.89. The Labute approximate surface area is 116 Å². The summed E-state index contributed by atoms with van der Waals surface area (Å²) in [5.74, 6) is 1.39. The summed E-state index contributed by atoms with van der Waals surface area (Å²) in [5, 5.41) is 3.11. The van der Waals surface area contributed by atoms with Crippen molar-refractivity contribution in [3.8, 4) is 0 Å². The molecule has 1 aliphatic rings. The number of hydrogen-bond donors (Lipinski definition) is 1. The van der Waals surface area contributed by atoms with Crippen molar-refractivity contribution < 1.29 is 4.74 Å². The van der Waals surface area contributed by atoms with Crippen molar-refractivity contribution in [1.82, 2.24) is 10.3 Å². The van der Waals surface area contributed by atoms with Crippen molar-refractivity contribution >= 4 is 0 Å². The van der Waals surface area contributed by atoms with Crippen molar-refractivity contribution in [3.63, 3.8) is 0 Å². The van der Waals surface area contributed by atoms with Gasteiger partial charge in [0.25, 0.3) is 0 Å². The van der Waals surface area contributed by atoms with E-state index in [1.165, 1.54) is 6.42 Å². The summed E-state index contributed by atoms with van der Waals surface area (Å²) in [4.78, 5) is 4.56. The third-order valence-electron chi connectivity index (χ3n) is 3.72. The number of aromatic nitrogens is 1. The molecule has 2 atom stereocenters. The zero-order valence-electron chi connectivity index (χ0n) is 11.9. The molecule has 2 unspecified atom stereocenters. The molecule has 1 aromatic rings. The highest BCUT2D eigenvalue weighted by molar-refractivity contribution is 5.10. The lowest BCUT2D eigenvalue weighted by atomic mass is 9.85. The zero-order valence-corrected chi connectivity index (χ0v) is 11.9. The first-order valence-corrected chi connectivity index (χ1v) is 7.11. The van der Waals surface area contributed by atoms with E-state index in [9.17, 15) is 0 Å². The van der Waals surface area contributed by atoms with Crippen LogP contribution in [0.15, 0.2) is 30.4 Å². The van der Waals surface area contributed by atoms with Gasteiger partial charge in [-0.1, -0.05) is 25.1 Å². The second-order valence-corrected chi connectivity index (χ2v) is 5.35. The molecule has 0 bridgehead atoms. The van der Waals surface area contributed by atoms with Crippen molar-refractivity contribution in [3.05, 3.63) is 41.7 Å². The van der Waals surface area contributed by atoms with Crippen LogP contribution in [0, 0.1) is 11.8 Å². The normalized spacial score (nSPS) is 22.6. The standard InChI is InChI=1S/C16H24N2O/c1-13-6-3-4-7-14(13)11-19-12-16-9-5-8-15(18-16)10-17-2/h3-5,8-9,13-14,17H,6-7,10-12H2,1-2H3. The van der Waals surface area contributed by atoms with Gasteiger partial charge in [0.15, 0.2) is 0 Å². The van der Waals surface area contributed by atoms with Gasteiger partial charge in [0.2, 0.25) is 0 Å². The van der Waals surface area contributed by atoms with Crippen molar-refractivity contribution in [2.24, 2.45) is 11.8 Å². The average Bonchev–Trinajstić information content (AvgIpc) is 2.42. The van der Waals surface area contributed by atoms with E-state index in [-0.39, 0.29) is 0 Å². The predicted octanol–water partition coefficient (Wildman–Crippen LogP) is 2.92. The van der Waals surface area contributed by atoms with Crippen LogP contribution in [0.25, 0.3) is 0 Å². The van der Waals surface area contributed by atoms with Gasteiger partial charge in [0.05, 0.1) is 24.6 Å². The summed E-state index contributed by atoms with van der Waals surface area (Å²) in [6, 6.07) is 6.11. The maximum Gasteiger partial charge on any atom is 0.0888 e. The SMILES string of the molecule is CNCc1cccc(COCC2CC=CCC2C)n1. The van der Waals surface area contributed by atoms with Crippen LogP contribution in [0.1, 0.15) is 31.2 Å². The van der Waals surface area contributed by atoms with Crippen LogP contribution >= 0.6 is 0 Å². The van der Waals surface area contributed by atoms with Gasteiger partial charge in [-0.05, 0) is 43.9 Å². The Morgan fingerprint density at radius 1 is 1.26 bits per heavy atom. The molecule has 1 aliphatic carbocycles. The molecule has 1 N–H and O–H groups in total. The Kier molecular flexibility index (Phi) is 5.55. The van der Waals surface area contributed by atoms with Crippen LogP contribution < -0.4 is 5.32 Å². The predicted molar refractivity (Wildman–Crippen MR) is 77.7 cm³/mol. The van der Waals surface area contributed by atoms with Crippen LogP contribution in [-0.2, 0) is 17.9 Å². The number of rotatable bonds is 6. The highest BCUT2D eigenvalue weighted by Gasteiger charge is 2.18. The summed E-state index contributed by atoms with van der Waals surface area (Å²) in [7, 11) is 1.93. The first-order valence-electron chi connectivity index (χ1n) is 7.11. The fourth-order valence-electron chi connectivity index (χ4n) is 2.44. The average molecular weight is 260 g/mol. The lowest BCUT2D eigenvalue weighted by Gasteiger charge is -2.24. The van der Waals surface area contributed by atoms with Crippen LogP contribution in [-0.4, -0.2) is 18.6 Å². The Morgan fingerprint density at radius 2 is 2.05 bits per heavy atom. The minimum absolute atomic E-state index is 0.616. The molecule has 0 radical (unpaired) electrons. The van der Waals surface area contributed by atoms with Gasteiger partial charge >= 0.3 is 0 Å². The molecule has 0 spiro atoms. The highest BCUT2D eigenvalue weighted by atomic mass is 16.5. The van der Waals surface area contributed by atoms with E-state index in [2.05, 4.69) is 29.4 Å². The van der Waals surface area contributed by atoms with Crippen LogP contribution in [0.3, 0.4) is 0 Å². The number of nitrogens with one attached hydrogen (secondary N) is 1. The fraction of sp³-hybridized carbons (Fsp3) is 0.562. The molecular formula is C16H24N2O. The van der Waals surface area contributed by atoms with E-state index >= 15 is 0 Å². The van der Waals surface area contributed by atoms with Gasteiger partial charge in [0.1, 0.15) is 0 Å². The van der Waals surface area contributed by atoms with E-state index in [1.54, 1.807) is 0 Å². The fourth-order valence-corrected chi connectivity index (χ4v) is 2.44. The molecule has 0 amide bonds. The van der Waals surface area contributed by atoms with Crippen LogP contribution in [0.5, 0.6) is 0 Å². The summed E-state index contributed by atoms with van der Waals surface area (Å²) in [6.45, 7) is 4.57. The molecule has 0 aromatic carbocycles. The first kappa shape index (κ1) is 14.2. The second-order valence-electron chi connectivity index (χ2n) is 5.35. The Morgan fingerprint density at radius 3 is 2.84 bits per heavy atom. The molecule has 1 heterocycles. The monoisotopic (exact) mass is 260 g/mol. The van der Waals surface area contributed by atoms with E-state index in [0.29, 0.717) is 12.5 Å². The van der Waals surface area contributed by atoms with Crippen molar-refractivity contribution in [1.29, 1.82) is 0 Å². The number of hydrogen-bond acceptors (Lipinski definition) is 3. The second kappa shape index (κ2) is 7.41. The van der Waals surface area contributed by atoms with Crippen molar-refractivity contribution in [2.75, 3.05) is 13.7 Å². The molecule has 2 rings (SSSR count). The maximum atomic E-state index is 5.85. The van der Waals surface area contributed by atoms with Gasteiger partial charge in [0, 0.05) is 6.54 Å². The molecule has 19 heavy (non-hydrogen) atoms. The molecule has 1 aromatic heterocycles. The van der Waals surface area contributed by atoms with Gasteiger partial charge in [-0.15, -0.1) is 0 Å². The van der Waals surface area contributed by atoms with E-state index in [4.69, 9.17) is 4.74 Å². The molecule has 0 fully saturated rings. The molecule has 0 aliphatic heterocycles. The third kappa shape index (κ3) is 4.44. The van der Waals surface area contributed by atoms with Gasteiger partial charge < -0.3 is 10.1 Å². The molecule has 3 nitrogen and oxygen atoms in total. The summed E-state index contributed by atoms with van der Waals surface area (Å²) in [5.41, 5.74) is 2.09. The number of pyridine rings is 1. The number of ether oxygens (including phenoxy) is 1. The molecule has 3 heteroatoms. The van der Waals surface area contributed by atoms with E-state index in [1.807, 2.05) is 25.2 Å². The summed E-state index contributed by atoms with van der Waals surface area (Å²) < 4.78 is 5.85. The van der Waals surface area contributed by atoms with Gasteiger partial charge in [-0.2, -0.15) is 0 Å². The lowest BCUT2D eigenvalue weighted by Crippen LogP contribution is -2.19. The van der Waals surface area contributed by atoms with Crippen LogP contribution in [0.2, 0.25) is 0 Å². The van der Waals surface area contributed by atoms with Crippen LogP contribution in [0.4, 0.5) is 0 Å². The Balaban J connectivity index is 1.78. The van der Waals surface area contributed by atoms with Gasteiger partial charge in [-0.3, -0.25) is 4.98 Å². The van der Waals surface area contributed by atoms with E-state index in [0.717, 1.165) is 36.9 Å². The Hall–Kier alpha value is -1.19. The molecule has 0 saturated heterocycles. The first-order chi connectivity index (χ1) is 9.29. The zero-order chi connectivity index (χ0) is 13.5. The molecule has 104 valence electrons. The Bertz CT molecular complexity index is 417. The quantitative estimate of drug-likeness (QED) is 0.799. The number of nitrogens with zero attached hydrogens (tertiary/aromatic N) is 1. The largest absolute Gasteiger partial charge is 0.375 e.